The van der Waals surface area contributed by atoms with E-state index >= 15 is 0 Å². The van der Waals surface area contributed by atoms with Crippen LogP contribution in [-0.2, 0) is 19.1 Å². The first kappa shape index (κ1) is 19.5. The normalized spacial score (nSPS) is 29.3. The number of carboxylic acid groups (broad SMARTS) is 1. The molecule has 1 saturated carbocycles. The predicted octanol–water partition coefficient (Wildman–Crippen LogP) is 2.82. The Labute approximate surface area is 148 Å². The Bertz CT molecular complexity index is 542. The molecule has 0 radical (unpaired) electrons. The average molecular weight is 355 g/mol. The zero-order chi connectivity index (χ0) is 19.0. The number of esters is 1. The van der Waals surface area contributed by atoms with Crippen LogP contribution in [0.25, 0.3) is 0 Å². The number of aliphatic carboxylic acids is 1. The summed E-state index contributed by atoms with van der Waals surface area (Å²) in [5.74, 6) is -1.40. The molecule has 7 nitrogen and oxygen atoms in total. The minimum atomic E-state index is -1.01. The molecule has 142 valence electrons. The summed E-state index contributed by atoms with van der Waals surface area (Å²) in [6.45, 7) is 9.25. The van der Waals surface area contributed by atoms with Gasteiger partial charge >= 0.3 is 18.0 Å². The Kier molecular flexibility index (Phi) is 5.35. The fraction of sp³-hybridized carbons (Fsp3) is 0.833. The molecule has 1 amide bonds. The van der Waals surface area contributed by atoms with E-state index < -0.39 is 29.1 Å². The van der Waals surface area contributed by atoms with Gasteiger partial charge in [0.1, 0.15) is 11.6 Å². The van der Waals surface area contributed by atoms with Crippen LogP contribution in [-0.4, -0.2) is 52.3 Å². The van der Waals surface area contributed by atoms with E-state index in [0.29, 0.717) is 32.2 Å². The van der Waals surface area contributed by atoms with Crippen LogP contribution in [0.15, 0.2) is 0 Å². The number of carbonyl (C=O) groups is 3. The molecule has 25 heavy (non-hydrogen) atoms. The van der Waals surface area contributed by atoms with Gasteiger partial charge in [0.25, 0.3) is 0 Å². The van der Waals surface area contributed by atoms with Crippen LogP contribution < -0.4 is 0 Å². The third kappa shape index (κ3) is 4.25. The van der Waals surface area contributed by atoms with Gasteiger partial charge in [0.05, 0.1) is 12.0 Å². The number of likely N-dealkylation sites (tertiary alicyclic amines) is 1. The summed E-state index contributed by atoms with van der Waals surface area (Å²) < 4.78 is 10.6. The number of carboxylic acids is 1. The second kappa shape index (κ2) is 6.84. The van der Waals surface area contributed by atoms with E-state index in [1.165, 1.54) is 4.90 Å². The van der Waals surface area contributed by atoms with Gasteiger partial charge in [-0.1, -0.05) is 0 Å². The first-order valence-electron chi connectivity index (χ1n) is 8.88. The summed E-state index contributed by atoms with van der Waals surface area (Å²) in [5, 5.41) is 9.62. The lowest BCUT2D eigenvalue weighted by Gasteiger charge is -2.57. The number of ether oxygens (including phenoxy) is 2. The highest BCUT2D eigenvalue weighted by Crippen LogP contribution is 2.51. The summed E-state index contributed by atoms with van der Waals surface area (Å²) in [4.78, 5) is 37.3. The quantitative estimate of drug-likeness (QED) is 0.783. The molecular formula is C18H29NO6. The van der Waals surface area contributed by atoms with E-state index in [2.05, 4.69) is 0 Å². The van der Waals surface area contributed by atoms with Gasteiger partial charge in [0, 0.05) is 12.0 Å². The Balaban J connectivity index is 2.00. The second-order valence-corrected chi connectivity index (χ2v) is 8.47. The summed E-state index contributed by atoms with van der Waals surface area (Å²) >= 11 is 0. The molecular weight excluding hydrogens is 326 g/mol. The first-order chi connectivity index (χ1) is 11.4. The van der Waals surface area contributed by atoms with Crippen molar-refractivity contribution in [1.29, 1.82) is 0 Å². The van der Waals surface area contributed by atoms with Crippen LogP contribution in [0.3, 0.4) is 0 Å². The molecule has 1 heterocycles. The number of hydrogen-bond acceptors (Lipinski definition) is 5. The number of carbonyl (C=O) groups excluding carboxylic acids is 2. The van der Waals surface area contributed by atoms with E-state index in [4.69, 9.17) is 9.47 Å². The molecule has 1 unspecified atom stereocenters. The molecule has 0 bridgehead atoms. The molecule has 1 N–H and O–H groups in total. The minimum Gasteiger partial charge on any atom is -0.480 e. The maximum Gasteiger partial charge on any atom is 0.411 e. The highest BCUT2D eigenvalue weighted by Gasteiger charge is 2.60. The summed E-state index contributed by atoms with van der Waals surface area (Å²) in [6, 6.07) is -0.885. The fourth-order valence-corrected chi connectivity index (χ4v) is 3.81. The van der Waals surface area contributed by atoms with Crippen LogP contribution in [0.1, 0.15) is 60.3 Å². The SMILES string of the molecule is CC(C)OC(=O)C1CCC2(CC1)CN(C(=O)OC(C)(C)C)C2C(=O)O. The van der Waals surface area contributed by atoms with Gasteiger partial charge in [0.15, 0.2) is 0 Å². The third-order valence-electron chi connectivity index (χ3n) is 4.91. The highest BCUT2D eigenvalue weighted by molar-refractivity contribution is 5.83. The Morgan fingerprint density at radius 3 is 2.16 bits per heavy atom. The van der Waals surface area contributed by atoms with Crippen LogP contribution in [0.5, 0.6) is 0 Å². The van der Waals surface area contributed by atoms with Crippen molar-refractivity contribution in [1.82, 2.24) is 4.90 Å². The van der Waals surface area contributed by atoms with Gasteiger partial charge in [-0.3, -0.25) is 9.69 Å². The lowest BCUT2D eigenvalue weighted by Crippen LogP contribution is -2.70. The number of rotatable bonds is 3. The molecule has 0 aromatic carbocycles. The number of hydrogen-bond donors (Lipinski definition) is 1. The lowest BCUT2D eigenvalue weighted by molar-refractivity contribution is -0.171. The topological polar surface area (TPSA) is 93.1 Å². The maximum atomic E-state index is 12.2. The fourth-order valence-electron chi connectivity index (χ4n) is 3.81. The smallest absolute Gasteiger partial charge is 0.411 e. The summed E-state index contributed by atoms with van der Waals surface area (Å²) in [7, 11) is 0. The third-order valence-corrected chi connectivity index (χ3v) is 4.91. The van der Waals surface area contributed by atoms with Crippen molar-refractivity contribution in [2.75, 3.05) is 6.54 Å². The van der Waals surface area contributed by atoms with Crippen molar-refractivity contribution in [3.8, 4) is 0 Å². The van der Waals surface area contributed by atoms with Crippen molar-refractivity contribution in [3.63, 3.8) is 0 Å². The molecule has 1 aliphatic heterocycles. The minimum absolute atomic E-state index is 0.151. The van der Waals surface area contributed by atoms with Crippen molar-refractivity contribution in [2.45, 2.75) is 78.0 Å². The Hall–Kier alpha value is -1.79. The van der Waals surface area contributed by atoms with Crippen molar-refractivity contribution in [2.24, 2.45) is 11.3 Å². The Morgan fingerprint density at radius 1 is 1.16 bits per heavy atom. The van der Waals surface area contributed by atoms with Gasteiger partial charge in [-0.05, 0) is 60.3 Å². The highest BCUT2D eigenvalue weighted by atomic mass is 16.6. The number of nitrogens with zero attached hydrogens (tertiary/aromatic N) is 1. The van der Waals surface area contributed by atoms with Crippen molar-refractivity contribution >= 4 is 18.0 Å². The maximum absolute atomic E-state index is 12.2. The van der Waals surface area contributed by atoms with E-state index in [0.717, 1.165) is 0 Å². The summed E-state index contributed by atoms with van der Waals surface area (Å²) in [6.07, 6.45) is 1.64. The van der Waals surface area contributed by atoms with Gasteiger partial charge < -0.3 is 14.6 Å². The van der Waals surface area contributed by atoms with Crippen molar-refractivity contribution in [3.05, 3.63) is 0 Å². The number of amides is 1. The standard InChI is InChI=1S/C18H29NO6/c1-11(2)24-15(22)12-6-8-18(9-7-12)10-19(13(18)14(20)21)16(23)25-17(3,4)5/h11-13H,6-10H2,1-5H3,(H,20,21). The average Bonchev–Trinajstić information content (AvgIpc) is 2.41. The molecule has 1 spiro atoms. The zero-order valence-electron chi connectivity index (χ0n) is 15.7. The van der Waals surface area contributed by atoms with E-state index in [1.807, 2.05) is 13.8 Å². The van der Waals surface area contributed by atoms with Gasteiger partial charge in [-0.2, -0.15) is 0 Å². The molecule has 0 aromatic rings. The molecule has 7 heteroatoms. The predicted molar refractivity (Wildman–Crippen MR) is 90.0 cm³/mol. The van der Waals surface area contributed by atoms with Gasteiger partial charge in [0.2, 0.25) is 0 Å². The second-order valence-electron chi connectivity index (χ2n) is 8.47. The molecule has 2 fully saturated rings. The monoisotopic (exact) mass is 355 g/mol. The summed E-state index contributed by atoms with van der Waals surface area (Å²) in [5.41, 5.74) is -1.13. The molecule has 2 aliphatic rings. The molecule has 2 rings (SSSR count). The molecule has 1 aliphatic carbocycles. The first-order valence-corrected chi connectivity index (χ1v) is 8.88. The van der Waals surface area contributed by atoms with Crippen LogP contribution in [0.2, 0.25) is 0 Å². The lowest BCUT2D eigenvalue weighted by atomic mass is 9.61. The molecule has 1 atom stereocenters. The van der Waals surface area contributed by atoms with E-state index in [-0.39, 0.29) is 18.0 Å². The van der Waals surface area contributed by atoms with E-state index in [9.17, 15) is 19.5 Å². The van der Waals surface area contributed by atoms with Gasteiger partial charge in [-0.15, -0.1) is 0 Å². The van der Waals surface area contributed by atoms with Gasteiger partial charge in [-0.25, -0.2) is 9.59 Å². The van der Waals surface area contributed by atoms with Crippen molar-refractivity contribution < 1.29 is 29.0 Å². The van der Waals surface area contributed by atoms with Crippen LogP contribution >= 0.6 is 0 Å². The Morgan fingerprint density at radius 2 is 1.72 bits per heavy atom. The molecule has 0 aromatic heterocycles. The van der Waals surface area contributed by atoms with Crippen LogP contribution in [0.4, 0.5) is 4.79 Å². The van der Waals surface area contributed by atoms with Crippen LogP contribution in [0, 0.1) is 11.3 Å². The largest absolute Gasteiger partial charge is 0.480 e. The molecule has 1 saturated heterocycles. The zero-order valence-corrected chi connectivity index (χ0v) is 15.7. The van der Waals surface area contributed by atoms with E-state index in [1.54, 1.807) is 20.8 Å².